The van der Waals surface area contributed by atoms with E-state index in [1.54, 1.807) is 11.3 Å². The molecule has 0 fully saturated rings. The molecule has 0 aliphatic carbocycles. The van der Waals surface area contributed by atoms with Gasteiger partial charge in [0.25, 0.3) is 0 Å². The van der Waals surface area contributed by atoms with E-state index >= 15 is 0 Å². The molecule has 0 amide bonds. The number of thiazole rings is 1. The van der Waals surface area contributed by atoms with Crippen molar-refractivity contribution in [3.63, 3.8) is 0 Å². The third-order valence-corrected chi connectivity index (χ3v) is 3.81. The predicted molar refractivity (Wildman–Crippen MR) is 74.2 cm³/mol. The first-order valence-corrected chi connectivity index (χ1v) is 6.79. The van der Waals surface area contributed by atoms with Crippen molar-refractivity contribution in [2.75, 3.05) is 6.54 Å². The zero-order valence-corrected chi connectivity index (χ0v) is 11.1. The molecular formula is C14H18N2S. The summed E-state index contributed by atoms with van der Waals surface area (Å²) in [5.74, 6) is 0.502. The van der Waals surface area contributed by atoms with Gasteiger partial charge < -0.3 is 5.73 Å². The minimum absolute atomic E-state index is 0.502. The quantitative estimate of drug-likeness (QED) is 0.899. The summed E-state index contributed by atoms with van der Waals surface area (Å²) in [5, 5.41) is 3.26. The third kappa shape index (κ3) is 2.93. The Labute approximate surface area is 107 Å². The van der Waals surface area contributed by atoms with Crippen molar-refractivity contribution >= 4 is 11.3 Å². The molecule has 0 bridgehead atoms. The number of nitrogens with two attached hydrogens (primary N) is 1. The molecule has 0 saturated heterocycles. The Bertz CT molecular complexity index is 490. The molecule has 1 aromatic carbocycles. The van der Waals surface area contributed by atoms with Crippen LogP contribution < -0.4 is 5.73 Å². The highest BCUT2D eigenvalue weighted by molar-refractivity contribution is 7.13. The van der Waals surface area contributed by atoms with Crippen molar-refractivity contribution < 1.29 is 0 Å². The number of hydrogen-bond donors (Lipinski definition) is 1. The minimum atomic E-state index is 0.502. The summed E-state index contributed by atoms with van der Waals surface area (Å²) in [6, 6.07) is 8.37. The smallest absolute Gasteiger partial charge is 0.123 e. The normalized spacial score (nSPS) is 12.6. The van der Waals surface area contributed by atoms with Gasteiger partial charge in [-0.3, -0.25) is 0 Å². The molecule has 0 aliphatic heterocycles. The van der Waals surface area contributed by atoms with Crippen molar-refractivity contribution in [2.45, 2.75) is 20.3 Å². The van der Waals surface area contributed by atoms with Crippen LogP contribution >= 0.6 is 11.3 Å². The van der Waals surface area contributed by atoms with Crippen LogP contribution in [0.3, 0.4) is 0 Å². The molecule has 0 radical (unpaired) electrons. The van der Waals surface area contributed by atoms with Crippen molar-refractivity contribution in [2.24, 2.45) is 11.7 Å². The van der Waals surface area contributed by atoms with Crippen LogP contribution in [0.25, 0.3) is 10.6 Å². The lowest BCUT2D eigenvalue weighted by Gasteiger charge is -2.04. The highest BCUT2D eigenvalue weighted by Crippen LogP contribution is 2.27. The SMILES string of the molecule is Cc1ccccc1-c1nc(CC(C)CN)cs1. The number of aromatic nitrogens is 1. The van der Waals surface area contributed by atoms with Crippen LogP contribution in [0.15, 0.2) is 29.6 Å². The Morgan fingerprint density at radius 2 is 2.12 bits per heavy atom. The summed E-state index contributed by atoms with van der Waals surface area (Å²) < 4.78 is 0. The van der Waals surface area contributed by atoms with Crippen molar-refractivity contribution in [1.82, 2.24) is 4.98 Å². The average molecular weight is 246 g/mol. The first-order chi connectivity index (χ1) is 8.20. The molecule has 3 heteroatoms. The molecule has 2 rings (SSSR count). The van der Waals surface area contributed by atoms with E-state index < -0.39 is 0 Å². The van der Waals surface area contributed by atoms with Gasteiger partial charge in [-0.25, -0.2) is 4.98 Å². The van der Waals surface area contributed by atoms with Gasteiger partial charge in [-0.2, -0.15) is 0 Å². The molecule has 90 valence electrons. The van der Waals surface area contributed by atoms with Gasteiger partial charge in [0.2, 0.25) is 0 Å². The molecule has 0 aliphatic rings. The Hall–Kier alpha value is -1.19. The Morgan fingerprint density at radius 1 is 1.35 bits per heavy atom. The Kier molecular flexibility index (Phi) is 3.92. The Balaban J connectivity index is 2.21. The first-order valence-electron chi connectivity index (χ1n) is 5.91. The summed E-state index contributed by atoms with van der Waals surface area (Å²) in [4.78, 5) is 4.69. The lowest BCUT2D eigenvalue weighted by atomic mass is 10.1. The maximum atomic E-state index is 5.64. The van der Waals surface area contributed by atoms with Crippen LogP contribution in [0.2, 0.25) is 0 Å². The summed E-state index contributed by atoms with van der Waals surface area (Å²) >= 11 is 1.72. The molecule has 0 saturated carbocycles. The molecular weight excluding hydrogens is 228 g/mol. The standard InChI is InChI=1S/C14H18N2S/c1-10(8-15)7-12-9-17-14(16-12)13-6-4-3-5-11(13)2/h3-6,9-10H,7-8,15H2,1-2H3. The van der Waals surface area contributed by atoms with Crippen LogP contribution in [-0.2, 0) is 6.42 Å². The molecule has 1 atom stereocenters. The minimum Gasteiger partial charge on any atom is -0.330 e. The second-order valence-corrected chi connectivity index (χ2v) is 5.36. The molecule has 1 unspecified atom stereocenters. The lowest BCUT2D eigenvalue weighted by Crippen LogP contribution is -2.13. The Morgan fingerprint density at radius 3 is 2.82 bits per heavy atom. The van der Waals surface area contributed by atoms with E-state index in [9.17, 15) is 0 Å². The fourth-order valence-corrected chi connectivity index (χ4v) is 2.70. The van der Waals surface area contributed by atoms with E-state index in [0.29, 0.717) is 5.92 Å². The van der Waals surface area contributed by atoms with Crippen molar-refractivity contribution in [3.8, 4) is 10.6 Å². The van der Waals surface area contributed by atoms with Crippen LogP contribution in [0, 0.1) is 12.8 Å². The van der Waals surface area contributed by atoms with Crippen LogP contribution in [-0.4, -0.2) is 11.5 Å². The number of nitrogens with zero attached hydrogens (tertiary/aromatic N) is 1. The van der Waals surface area contributed by atoms with E-state index in [1.165, 1.54) is 11.1 Å². The van der Waals surface area contributed by atoms with Gasteiger partial charge in [0.15, 0.2) is 0 Å². The molecule has 2 aromatic rings. The van der Waals surface area contributed by atoms with Gasteiger partial charge in [-0.15, -0.1) is 11.3 Å². The summed E-state index contributed by atoms with van der Waals surface area (Å²) in [5.41, 5.74) is 9.31. The molecule has 0 spiro atoms. The zero-order chi connectivity index (χ0) is 12.3. The highest BCUT2D eigenvalue weighted by atomic mass is 32.1. The van der Waals surface area contributed by atoms with E-state index in [0.717, 1.165) is 23.7 Å². The predicted octanol–water partition coefficient (Wildman–Crippen LogP) is 3.26. The number of rotatable bonds is 4. The fourth-order valence-electron chi connectivity index (χ4n) is 1.78. The highest BCUT2D eigenvalue weighted by Gasteiger charge is 2.08. The van der Waals surface area contributed by atoms with Crippen molar-refractivity contribution in [1.29, 1.82) is 0 Å². The van der Waals surface area contributed by atoms with Gasteiger partial charge in [-0.05, 0) is 31.4 Å². The first kappa shape index (κ1) is 12.3. The van der Waals surface area contributed by atoms with Crippen LogP contribution in [0.5, 0.6) is 0 Å². The second kappa shape index (κ2) is 5.43. The van der Waals surface area contributed by atoms with Gasteiger partial charge >= 0.3 is 0 Å². The van der Waals surface area contributed by atoms with Gasteiger partial charge in [0.05, 0.1) is 5.69 Å². The zero-order valence-electron chi connectivity index (χ0n) is 10.3. The lowest BCUT2D eigenvalue weighted by molar-refractivity contribution is 0.586. The molecule has 2 nitrogen and oxygen atoms in total. The summed E-state index contributed by atoms with van der Waals surface area (Å²) in [7, 11) is 0. The molecule has 2 N–H and O–H groups in total. The molecule has 17 heavy (non-hydrogen) atoms. The largest absolute Gasteiger partial charge is 0.330 e. The van der Waals surface area contributed by atoms with E-state index in [4.69, 9.17) is 10.7 Å². The third-order valence-electron chi connectivity index (χ3n) is 2.89. The van der Waals surface area contributed by atoms with Gasteiger partial charge in [0.1, 0.15) is 5.01 Å². The summed E-state index contributed by atoms with van der Waals surface area (Å²) in [6.07, 6.45) is 0.971. The number of benzene rings is 1. The number of hydrogen-bond acceptors (Lipinski definition) is 3. The van der Waals surface area contributed by atoms with Crippen molar-refractivity contribution in [3.05, 3.63) is 40.9 Å². The van der Waals surface area contributed by atoms with E-state index in [1.807, 2.05) is 0 Å². The van der Waals surface area contributed by atoms with E-state index in [2.05, 4.69) is 43.5 Å². The fraction of sp³-hybridized carbons (Fsp3) is 0.357. The summed E-state index contributed by atoms with van der Waals surface area (Å²) in [6.45, 7) is 5.00. The maximum Gasteiger partial charge on any atom is 0.123 e. The molecule has 1 aromatic heterocycles. The van der Waals surface area contributed by atoms with Crippen LogP contribution in [0.4, 0.5) is 0 Å². The van der Waals surface area contributed by atoms with Gasteiger partial charge in [0, 0.05) is 10.9 Å². The maximum absolute atomic E-state index is 5.64. The van der Waals surface area contributed by atoms with E-state index in [-0.39, 0.29) is 0 Å². The van der Waals surface area contributed by atoms with Crippen LogP contribution in [0.1, 0.15) is 18.2 Å². The molecule has 1 heterocycles. The van der Waals surface area contributed by atoms with Gasteiger partial charge in [-0.1, -0.05) is 31.2 Å². The second-order valence-electron chi connectivity index (χ2n) is 4.50. The topological polar surface area (TPSA) is 38.9 Å². The average Bonchev–Trinajstić information content (AvgIpc) is 2.78. The monoisotopic (exact) mass is 246 g/mol. The number of aryl methyl sites for hydroxylation is 1.